The predicted octanol–water partition coefficient (Wildman–Crippen LogP) is 10.2. The fourth-order valence-electron chi connectivity index (χ4n) is 6.06. The van der Waals surface area contributed by atoms with E-state index in [2.05, 4.69) is 84.9 Å². The fourth-order valence-corrected chi connectivity index (χ4v) is 6.06. The zero-order chi connectivity index (χ0) is 27.1. The number of aromatic hydroxyl groups is 2. The molecule has 0 radical (unpaired) electrons. The van der Waals surface area contributed by atoms with Crippen molar-refractivity contribution in [2.24, 2.45) is 0 Å². The van der Waals surface area contributed by atoms with E-state index in [4.69, 9.17) is 0 Å². The van der Waals surface area contributed by atoms with Crippen LogP contribution in [-0.2, 0) is 34.6 Å². The minimum absolute atomic E-state index is 0. The van der Waals surface area contributed by atoms with E-state index in [9.17, 15) is 10.2 Å². The predicted molar refractivity (Wildman–Crippen MR) is 176 cm³/mol. The average molecular weight is 595 g/mol. The van der Waals surface area contributed by atoms with Crippen molar-refractivity contribution in [2.75, 3.05) is 0 Å². The number of hydrogen-bond donors (Lipinski definition) is 2. The first-order valence-electron chi connectivity index (χ1n) is 13.6. The normalized spacial score (nSPS) is 11.2. The van der Waals surface area contributed by atoms with Crippen molar-refractivity contribution in [3.63, 3.8) is 0 Å². The van der Waals surface area contributed by atoms with Gasteiger partial charge in [0.1, 0.15) is 11.5 Å². The summed E-state index contributed by atoms with van der Waals surface area (Å²) in [6.45, 7) is 0. The van der Waals surface area contributed by atoms with Crippen molar-refractivity contribution in [1.29, 1.82) is 0 Å². The van der Waals surface area contributed by atoms with Gasteiger partial charge >= 0.3 is 21.7 Å². The summed E-state index contributed by atoms with van der Waals surface area (Å²) in [4.78, 5) is 0. The molecule has 0 saturated heterocycles. The molecule has 43 heavy (non-hydrogen) atoms. The van der Waals surface area contributed by atoms with Crippen LogP contribution in [0.5, 0.6) is 11.5 Å². The van der Waals surface area contributed by atoms with Crippen LogP contribution in [0.25, 0.3) is 44.5 Å². The van der Waals surface area contributed by atoms with Crippen molar-refractivity contribution >= 4 is 0 Å². The zero-order valence-corrected chi connectivity index (χ0v) is 26.1. The summed E-state index contributed by atoms with van der Waals surface area (Å²) < 4.78 is 0. The Bertz CT molecular complexity index is 1750. The molecular weight excluding hydrogens is 560 g/mol. The van der Waals surface area contributed by atoms with Crippen molar-refractivity contribution < 1.29 is 31.9 Å². The molecule has 0 fully saturated rings. The minimum Gasteiger partial charge on any atom is -0.507 e. The van der Waals surface area contributed by atoms with Crippen molar-refractivity contribution in [2.45, 2.75) is 12.8 Å². The molecule has 2 nitrogen and oxygen atoms in total. The van der Waals surface area contributed by atoms with Gasteiger partial charge in [-0.05, 0) is 80.6 Å². The first-order valence-corrected chi connectivity index (χ1v) is 13.6. The number of phenols is 2. The van der Waals surface area contributed by atoms with Crippen LogP contribution in [0.15, 0.2) is 133 Å². The van der Waals surface area contributed by atoms with E-state index in [1.54, 1.807) is 12.1 Å². The minimum atomic E-state index is 0. The van der Waals surface area contributed by atoms with Crippen molar-refractivity contribution in [3.8, 4) is 56.0 Å². The maximum atomic E-state index is 9.99. The number of rotatable bonds is 2. The van der Waals surface area contributed by atoms with Crippen LogP contribution in [0.4, 0.5) is 0 Å². The van der Waals surface area contributed by atoms with Crippen molar-refractivity contribution in [3.05, 3.63) is 171 Å². The Labute approximate surface area is 270 Å². The van der Waals surface area contributed by atoms with Gasteiger partial charge in [0.2, 0.25) is 0 Å². The van der Waals surface area contributed by atoms with Gasteiger partial charge in [-0.25, -0.2) is 0 Å². The largest absolute Gasteiger partial charge is 2.00 e. The molecule has 6 aromatic carbocycles. The Morgan fingerprint density at radius 3 is 1.07 bits per heavy atom. The standard InChI is InChI=1S/2C19H14O.2CH3.Ti/c2*20-19-8-4-3-7-18(19)14-9-10-17-15(12-14)11-13-5-1-2-6-16(13)17;;;/h2*1-10,12,20H,11H2;2*1H3;/q;;2*-1;+2. The van der Waals surface area contributed by atoms with Gasteiger partial charge in [0.25, 0.3) is 0 Å². The maximum Gasteiger partial charge on any atom is 2.00 e. The topological polar surface area (TPSA) is 40.5 Å². The molecule has 210 valence electrons. The molecule has 2 aliphatic rings. The van der Waals surface area contributed by atoms with Crippen LogP contribution in [0.1, 0.15) is 22.3 Å². The molecule has 0 amide bonds. The molecule has 0 aromatic heterocycles. The number of phenolic OH excluding ortho intramolecular Hbond substituents is 2. The van der Waals surface area contributed by atoms with Gasteiger partial charge in [-0.2, -0.15) is 0 Å². The summed E-state index contributed by atoms with van der Waals surface area (Å²) in [5.74, 6) is 0.672. The summed E-state index contributed by atoms with van der Waals surface area (Å²) in [5, 5.41) is 20.0. The zero-order valence-electron chi connectivity index (χ0n) is 24.5. The Balaban J connectivity index is 0.000000184. The number of hydrogen-bond acceptors (Lipinski definition) is 2. The fraction of sp³-hybridized carbons (Fsp3) is 0.0500. The van der Waals surface area contributed by atoms with Crippen LogP contribution >= 0.6 is 0 Å². The Hall–Kier alpha value is -4.37. The van der Waals surface area contributed by atoms with Gasteiger partial charge in [0.15, 0.2) is 0 Å². The smallest absolute Gasteiger partial charge is 0.507 e. The quantitative estimate of drug-likeness (QED) is 0.154. The Morgan fingerprint density at radius 1 is 0.349 bits per heavy atom. The second kappa shape index (κ2) is 13.3. The molecule has 6 aromatic rings. The van der Waals surface area contributed by atoms with E-state index in [0.29, 0.717) is 11.5 Å². The van der Waals surface area contributed by atoms with E-state index in [0.717, 1.165) is 35.1 Å². The Kier molecular flexibility index (Phi) is 9.76. The molecule has 0 aliphatic heterocycles. The van der Waals surface area contributed by atoms with Crippen LogP contribution in [0, 0.1) is 14.9 Å². The molecule has 0 unspecified atom stereocenters. The average Bonchev–Trinajstić information content (AvgIpc) is 3.55. The third-order valence-electron chi connectivity index (χ3n) is 8.02. The van der Waals surface area contributed by atoms with Crippen LogP contribution in [0.3, 0.4) is 0 Å². The van der Waals surface area contributed by atoms with E-state index in [-0.39, 0.29) is 36.6 Å². The van der Waals surface area contributed by atoms with Crippen molar-refractivity contribution in [1.82, 2.24) is 0 Å². The van der Waals surface area contributed by atoms with Crippen LogP contribution in [-0.4, -0.2) is 10.2 Å². The first kappa shape index (κ1) is 31.6. The summed E-state index contributed by atoms with van der Waals surface area (Å²) in [5.41, 5.74) is 14.7. The van der Waals surface area contributed by atoms with Crippen LogP contribution < -0.4 is 0 Å². The molecule has 0 atom stereocenters. The van der Waals surface area contributed by atoms with Crippen LogP contribution in [0.2, 0.25) is 0 Å². The Morgan fingerprint density at radius 2 is 0.674 bits per heavy atom. The van der Waals surface area contributed by atoms with Gasteiger partial charge in [0.05, 0.1) is 0 Å². The third kappa shape index (κ3) is 5.95. The number of benzene rings is 6. The summed E-state index contributed by atoms with van der Waals surface area (Å²) in [6.07, 6.45) is 1.96. The second-order valence-electron chi connectivity index (χ2n) is 10.4. The molecule has 3 heteroatoms. The van der Waals surface area contributed by atoms with Gasteiger partial charge in [-0.3, -0.25) is 0 Å². The monoisotopic (exact) mass is 594 g/mol. The van der Waals surface area contributed by atoms with Gasteiger partial charge < -0.3 is 25.1 Å². The molecular formula is C40H34O2Ti. The van der Waals surface area contributed by atoms with Gasteiger partial charge in [0, 0.05) is 11.1 Å². The van der Waals surface area contributed by atoms with E-state index in [1.165, 1.54) is 44.5 Å². The first-order chi connectivity index (χ1) is 19.7. The SMILES string of the molecule is Oc1ccccc1-c1ccc2c(c1)Cc1ccccc1-2.Oc1ccccc1-c1ccc2c(c1)Cc1ccccc1-2.[CH3-].[CH3-].[Ti+2]. The number of para-hydroxylation sites is 2. The summed E-state index contributed by atoms with van der Waals surface area (Å²) >= 11 is 0. The summed E-state index contributed by atoms with van der Waals surface area (Å²) in [7, 11) is 0. The molecule has 0 bridgehead atoms. The molecule has 0 saturated carbocycles. The number of fused-ring (bicyclic) bond motifs is 6. The van der Waals surface area contributed by atoms with E-state index >= 15 is 0 Å². The van der Waals surface area contributed by atoms with Gasteiger partial charge in [-0.1, -0.05) is 121 Å². The van der Waals surface area contributed by atoms with E-state index < -0.39 is 0 Å². The molecule has 8 rings (SSSR count). The van der Waals surface area contributed by atoms with Gasteiger partial charge in [-0.15, -0.1) is 0 Å². The van der Waals surface area contributed by atoms with E-state index in [1.807, 2.05) is 36.4 Å². The molecule has 2 aliphatic carbocycles. The second-order valence-corrected chi connectivity index (χ2v) is 10.4. The molecule has 2 N–H and O–H groups in total. The third-order valence-corrected chi connectivity index (χ3v) is 8.02. The molecule has 0 spiro atoms. The summed E-state index contributed by atoms with van der Waals surface area (Å²) in [6, 6.07) is 45.0. The maximum absolute atomic E-state index is 9.99. The molecule has 0 heterocycles.